The van der Waals surface area contributed by atoms with E-state index in [1.165, 1.54) is 57.8 Å². The smallest absolute Gasteiger partial charge is 0.0825 e. The van der Waals surface area contributed by atoms with Gasteiger partial charge in [0, 0.05) is 13.2 Å². The zero-order valence-corrected chi connectivity index (χ0v) is 15.5. The molecule has 0 aliphatic rings. The Hall–Kier alpha value is -0.0800. The molecule has 0 rings (SSSR count). The molecule has 128 valence electrons. The first-order chi connectivity index (χ1) is 10.2. The average Bonchev–Trinajstić information content (AvgIpc) is 2.52. The monoisotopic (exact) mass is 299 g/mol. The highest BCUT2D eigenvalue weighted by Crippen LogP contribution is 2.27. The minimum atomic E-state index is 0.0249. The molecule has 0 aromatic rings. The highest BCUT2D eigenvalue weighted by Gasteiger charge is 2.34. The Morgan fingerprint density at radius 2 is 1.33 bits per heavy atom. The molecular weight excluding hydrogens is 258 g/mol. The van der Waals surface area contributed by atoms with Gasteiger partial charge in [0.15, 0.2) is 0 Å². The van der Waals surface area contributed by atoms with E-state index in [4.69, 9.17) is 4.74 Å². The van der Waals surface area contributed by atoms with Gasteiger partial charge in [-0.1, -0.05) is 79.1 Å². The van der Waals surface area contributed by atoms with Crippen LogP contribution < -0.4 is 5.32 Å². The molecule has 0 aliphatic heterocycles. The van der Waals surface area contributed by atoms with Crippen LogP contribution in [0.5, 0.6) is 0 Å². The van der Waals surface area contributed by atoms with Gasteiger partial charge in [-0.25, -0.2) is 0 Å². The third-order valence-corrected chi connectivity index (χ3v) is 5.04. The number of unbranched alkanes of at least 4 members (excludes halogenated alkanes) is 7. The van der Waals surface area contributed by atoms with E-state index in [9.17, 15) is 0 Å². The summed E-state index contributed by atoms with van der Waals surface area (Å²) in [5, 5.41) is 3.67. The standard InChI is InChI=1S/C19H41NO/c1-6-10-11-12-13-14-15-16-17-18(20-9-4)19(7-2,8-3)21-5/h18,20H,6-17H2,1-5H3. The first-order valence-corrected chi connectivity index (χ1v) is 9.49. The minimum absolute atomic E-state index is 0.0249. The molecular formula is C19H41NO. The van der Waals surface area contributed by atoms with Crippen LogP contribution in [-0.2, 0) is 4.74 Å². The summed E-state index contributed by atoms with van der Waals surface area (Å²) in [6.45, 7) is 10.0. The van der Waals surface area contributed by atoms with E-state index < -0.39 is 0 Å². The van der Waals surface area contributed by atoms with Crippen LogP contribution in [0.4, 0.5) is 0 Å². The van der Waals surface area contributed by atoms with Crippen LogP contribution in [0.2, 0.25) is 0 Å². The topological polar surface area (TPSA) is 21.3 Å². The van der Waals surface area contributed by atoms with Gasteiger partial charge in [-0.2, -0.15) is 0 Å². The lowest BCUT2D eigenvalue weighted by Gasteiger charge is -2.39. The van der Waals surface area contributed by atoms with Crippen molar-refractivity contribution >= 4 is 0 Å². The predicted molar refractivity (Wildman–Crippen MR) is 95.0 cm³/mol. The van der Waals surface area contributed by atoms with Crippen LogP contribution in [0.3, 0.4) is 0 Å². The molecule has 2 heteroatoms. The van der Waals surface area contributed by atoms with Crippen molar-refractivity contribution in [3.05, 3.63) is 0 Å². The number of methoxy groups -OCH3 is 1. The van der Waals surface area contributed by atoms with Crippen LogP contribution in [0.25, 0.3) is 0 Å². The maximum absolute atomic E-state index is 5.91. The molecule has 1 atom stereocenters. The Balaban J connectivity index is 3.99. The molecule has 0 radical (unpaired) electrons. The fraction of sp³-hybridized carbons (Fsp3) is 1.00. The van der Waals surface area contributed by atoms with E-state index in [1.54, 1.807) is 0 Å². The Kier molecular flexibility index (Phi) is 13.5. The molecule has 0 saturated carbocycles. The van der Waals surface area contributed by atoms with E-state index in [1.807, 2.05) is 7.11 Å². The number of hydrogen-bond donors (Lipinski definition) is 1. The quantitative estimate of drug-likeness (QED) is 0.392. The van der Waals surface area contributed by atoms with Crippen molar-refractivity contribution in [3.8, 4) is 0 Å². The Morgan fingerprint density at radius 1 is 0.810 bits per heavy atom. The lowest BCUT2D eigenvalue weighted by atomic mass is 9.85. The summed E-state index contributed by atoms with van der Waals surface area (Å²) in [6, 6.07) is 0.502. The van der Waals surface area contributed by atoms with Crippen molar-refractivity contribution in [1.29, 1.82) is 0 Å². The zero-order chi connectivity index (χ0) is 16.0. The van der Waals surface area contributed by atoms with Gasteiger partial charge in [0.05, 0.1) is 5.60 Å². The molecule has 0 amide bonds. The van der Waals surface area contributed by atoms with Crippen molar-refractivity contribution in [3.63, 3.8) is 0 Å². The lowest BCUT2D eigenvalue weighted by Crippen LogP contribution is -2.51. The number of ether oxygens (including phenoxy) is 1. The summed E-state index contributed by atoms with van der Waals surface area (Å²) in [7, 11) is 1.88. The summed E-state index contributed by atoms with van der Waals surface area (Å²) < 4.78 is 5.91. The molecule has 0 fully saturated rings. The molecule has 0 bridgehead atoms. The first kappa shape index (κ1) is 20.9. The molecule has 0 aromatic carbocycles. The fourth-order valence-corrected chi connectivity index (χ4v) is 3.45. The van der Waals surface area contributed by atoms with Gasteiger partial charge in [-0.15, -0.1) is 0 Å². The third kappa shape index (κ3) is 8.21. The fourth-order valence-electron chi connectivity index (χ4n) is 3.45. The largest absolute Gasteiger partial charge is 0.377 e. The Bertz CT molecular complexity index is 205. The summed E-state index contributed by atoms with van der Waals surface area (Å²) in [5.41, 5.74) is 0.0249. The Morgan fingerprint density at radius 3 is 1.76 bits per heavy atom. The van der Waals surface area contributed by atoms with Crippen LogP contribution in [0, 0.1) is 0 Å². The summed E-state index contributed by atoms with van der Waals surface area (Å²) >= 11 is 0. The number of hydrogen-bond acceptors (Lipinski definition) is 2. The van der Waals surface area contributed by atoms with Crippen LogP contribution in [0.1, 0.15) is 98.3 Å². The van der Waals surface area contributed by atoms with Gasteiger partial charge in [0.25, 0.3) is 0 Å². The Labute approximate surface area is 134 Å². The molecule has 1 unspecified atom stereocenters. The average molecular weight is 300 g/mol. The first-order valence-electron chi connectivity index (χ1n) is 9.49. The summed E-state index contributed by atoms with van der Waals surface area (Å²) in [5.74, 6) is 0. The molecule has 0 aliphatic carbocycles. The van der Waals surface area contributed by atoms with Gasteiger partial charge < -0.3 is 10.1 Å². The highest BCUT2D eigenvalue weighted by atomic mass is 16.5. The maximum Gasteiger partial charge on any atom is 0.0825 e. The molecule has 0 spiro atoms. The highest BCUT2D eigenvalue weighted by molar-refractivity contribution is 4.91. The second kappa shape index (κ2) is 13.6. The second-order valence-electron chi connectivity index (χ2n) is 6.35. The van der Waals surface area contributed by atoms with Crippen molar-refractivity contribution in [2.45, 2.75) is 110 Å². The number of rotatable bonds is 15. The second-order valence-corrected chi connectivity index (χ2v) is 6.35. The molecule has 21 heavy (non-hydrogen) atoms. The van der Waals surface area contributed by atoms with Crippen LogP contribution >= 0.6 is 0 Å². The van der Waals surface area contributed by atoms with Crippen LogP contribution in [-0.4, -0.2) is 25.3 Å². The van der Waals surface area contributed by atoms with E-state index in [-0.39, 0.29) is 5.60 Å². The maximum atomic E-state index is 5.91. The summed E-state index contributed by atoms with van der Waals surface area (Å²) in [4.78, 5) is 0. The van der Waals surface area contributed by atoms with Crippen molar-refractivity contribution in [2.75, 3.05) is 13.7 Å². The van der Waals surface area contributed by atoms with E-state index in [0.29, 0.717) is 6.04 Å². The molecule has 0 saturated heterocycles. The van der Waals surface area contributed by atoms with E-state index in [2.05, 4.69) is 33.0 Å². The number of nitrogens with one attached hydrogen (secondary N) is 1. The van der Waals surface area contributed by atoms with E-state index in [0.717, 1.165) is 19.4 Å². The molecule has 0 aromatic heterocycles. The predicted octanol–water partition coefficient (Wildman–Crippen LogP) is 5.70. The SMILES string of the molecule is CCCCCCCCCCC(NCC)C(CC)(CC)OC. The van der Waals surface area contributed by atoms with E-state index >= 15 is 0 Å². The van der Waals surface area contributed by atoms with Gasteiger partial charge in [-0.3, -0.25) is 0 Å². The van der Waals surface area contributed by atoms with Gasteiger partial charge >= 0.3 is 0 Å². The number of likely N-dealkylation sites (N-methyl/N-ethyl adjacent to an activating group) is 1. The van der Waals surface area contributed by atoms with Crippen LogP contribution in [0.15, 0.2) is 0 Å². The summed E-state index contributed by atoms with van der Waals surface area (Å²) in [6.07, 6.45) is 14.6. The molecule has 1 N–H and O–H groups in total. The van der Waals surface area contributed by atoms with Crippen molar-refractivity contribution in [1.82, 2.24) is 5.32 Å². The lowest BCUT2D eigenvalue weighted by molar-refractivity contribution is -0.0495. The zero-order valence-electron chi connectivity index (χ0n) is 15.5. The molecule has 2 nitrogen and oxygen atoms in total. The van der Waals surface area contributed by atoms with Crippen molar-refractivity contribution < 1.29 is 4.74 Å². The van der Waals surface area contributed by atoms with Gasteiger partial charge in [0.1, 0.15) is 0 Å². The van der Waals surface area contributed by atoms with Gasteiger partial charge in [-0.05, 0) is 25.8 Å². The normalized spacial score (nSPS) is 13.6. The van der Waals surface area contributed by atoms with Gasteiger partial charge in [0.2, 0.25) is 0 Å². The molecule has 0 heterocycles. The third-order valence-electron chi connectivity index (χ3n) is 5.04. The minimum Gasteiger partial charge on any atom is -0.377 e. The van der Waals surface area contributed by atoms with Crippen molar-refractivity contribution in [2.24, 2.45) is 0 Å².